The second kappa shape index (κ2) is 12.2. The fraction of sp³-hybridized carbons (Fsp3) is 0.452. The fourth-order valence-electron chi connectivity index (χ4n) is 5.91. The van der Waals surface area contributed by atoms with Crippen LogP contribution in [0.2, 0.25) is 0 Å². The Hall–Kier alpha value is -3.83. The minimum atomic E-state index is -2.73. The molecule has 0 bridgehead atoms. The van der Waals surface area contributed by atoms with Crippen LogP contribution in [0.5, 0.6) is 5.75 Å². The first-order valence-electron chi connectivity index (χ1n) is 14.5. The summed E-state index contributed by atoms with van der Waals surface area (Å²) in [6.45, 7) is 9.27. The molecule has 1 saturated heterocycles. The maximum atomic E-state index is 14.4. The maximum absolute atomic E-state index is 14.4. The van der Waals surface area contributed by atoms with E-state index in [0.717, 1.165) is 69.1 Å². The summed E-state index contributed by atoms with van der Waals surface area (Å²) in [6, 6.07) is 8.02. The number of carbonyl (C=O) groups excluding carboxylic acids is 1. The number of rotatable bonds is 10. The van der Waals surface area contributed by atoms with Crippen molar-refractivity contribution in [1.82, 2.24) is 24.2 Å². The molecule has 42 heavy (non-hydrogen) atoms. The van der Waals surface area contributed by atoms with Crippen molar-refractivity contribution in [3.8, 4) is 16.9 Å². The van der Waals surface area contributed by atoms with Crippen LogP contribution < -0.4 is 4.74 Å². The molecular formula is C31H35F2N5O4. The summed E-state index contributed by atoms with van der Waals surface area (Å²) >= 11 is 0. The van der Waals surface area contributed by atoms with Crippen LogP contribution in [-0.4, -0.2) is 76.3 Å². The maximum Gasteiger partial charge on any atom is 0.337 e. The number of halogens is 2. The number of fused-ring (bicyclic) bond motifs is 2. The molecule has 2 aliphatic rings. The van der Waals surface area contributed by atoms with Crippen LogP contribution in [-0.2, 0) is 27.2 Å². The Morgan fingerprint density at radius 2 is 1.93 bits per heavy atom. The summed E-state index contributed by atoms with van der Waals surface area (Å²) in [4.78, 5) is 20.0. The Morgan fingerprint density at radius 1 is 1.14 bits per heavy atom. The normalized spacial score (nSPS) is 16.2. The lowest BCUT2D eigenvalue weighted by Gasteiger charge is -2.26. The summed E-state index contributed by atoms with van der Waals surface area (Å²) in [5.41, 5.74) is 3.95. The second-order valence-electron chi connectivity index (χ2n) is 10.7. The molecule has 11 heteroatoms. The number of hydrogen-bond donors (Lipinski definition) is 0. The topological polar surface area (TPSA) is 83.6 Å². The Morgan fingerprint density at radius 3 is 2.67 bits per heavy atom. The number of esters is 1. The van der Waals surface area contributed by atoms with Crippen LogP contribution in [0, 0.1) is 6.92 Å². The lowest BCUT2D eigenvalue weighted by atomic mass is 9.95. The van der Waals surface area contributed by atoms with Crippen molar-refractivity contribution in [2.45, 2.75) is 45.7 Å². The van der Waals surface area contributed by atoms with Crippen molar-refractivity contribution in [2.24, 2.45) is 0 Å². The van der Waals surface area contributed by atoms with Gasteiger partial charge in [-0.15, -0.1) is 0 Å². The molecule has 1 fully saturated rings. The number of hydrogen-bond acceptors (Lipinski definition) is 7. The smallest absolute Gasteiger partial charge is 0.337 e. The van der Waals surface area contributed by atoms with Crippen molar-refractivity contribution in [3.63, 3.8) is 0 Å². The van der Waals surface area contributed by atoms with Crippen LogP contribution in [0.25, 0.3) is 22.0 Å². The van der Waals surface area contributed by atoms with Gasteiger partial charge in [0.05, 0.1) is 37.4 Å². The number of aromatic nitrogens is 4. The third-order valence-electron chi connectivity index (χ3n) is 8.11. The van der Waals surface area contributed by atoms with Crippen molar-refractivity contribution in [1.29, 1.82) is 0 Å². The van der Waals surface area contributed by atoms with Gasteiger partial charge in [-0.25, -0.2) is 18.6 Å². The molecule has 0 aliphatic carbocycles. The molecule has 4 heterocycles. The number of morpholine rings is 1. The lowest BCUT2D eigenvalue weighted by molar-refractivity contribution is -0.146. The average Bonchev–Trinajstić information content (AvgIpc) is 3.73. The Labute approximate surface area is 243 Å². The highest BCUT2D eigenvalue weighted by Gasteiger charge is 2.33. The standard InChI is InChI=1S/C31H35F2N5O4/c1-3-41-31(39)29(28-26-5-4-10-37(26)19-34-28)38-18-25-24(30(32)33)17-23(20(2)27(25)35-38)21-6-8-22(9-7-21)42-16-13-36-11-14-40-15-12-36/h6-9,17-19,29-30H,3-5,10-16H2,1-2H3. The fourth-order valence-corrected chi connectivity index (χ4v) is 5.91. The highest BCUT2D eigenvalue weighted by atomic mass is 19.3. The van der Waals surface area contributed by atoms with Crippen LogP contribution in [0.15, 0.2) is 42.9 Å². The van der Waals surface area contributed by atoms with E-state index in [2.05, 4.69) is 9.88 Å². The third kappa shape index (κ3) is 5.50. The van der Waals surface area contributed by atoms with Gasteiger partial charge in [0, 0.05) is 49.0 Å². The number of ether oxygens (including phenoxy) is 3. The summed E-state index contributed by atoms with van der Waals surface area (Å²) < 4.78 is 49.1. The van der Waals surface area contributed by atoms with Gasteiger partial charge >= 0.3 is 5.97 Å². The first-order chi connectivity index (χ1) is 20.4. The molecule has 0 radical (unpaired) electrons. The number of alkyl halides is 2. The van der Waals surface area contributed by atoms with Gasteiger partial charge in [-0.3, -0.25) is 9.58 Å². The van der Waals surface area contributed by atoms with Crippen molar-refractivity contribution < 1.29 is 27.8 Å². The molecule has 2 aliphatic heterocycles. The summed E-state index contributed by atoms with van der Waals surface area (Å²) in [7, 11) is 0. The Balaban J connectivity index is 1.32. The lowest BCUT2D eigenvalue weighted by Crippen LogP contribution is -2.38. The van der Waals surface area contributed by atoms with E-state index in [1.807, 2.05) is 35.8 Å². The molecule has 2 aromatic heterocycles. The van der Waals surface area contributed by atoms with E-state index in [1.165, 1.54) is 16.9 Å². The quantitative estimate of drug-likeness (QED) is 0.246. The molecule has 2 aromatic carbocycles. The highest BCUT2D eigenvalue weighted by molar-refractivity contribution is 5.92. The van der Waals surface area contributed by atoms with Gasteiger partial charge in [0.1, 0.15) is 12.4 Å². The number of carbonyl (C=O) groups is 1. The van der Waals surface area contributed by atoms with E-state index >= 15 is 0 Å². The molecule has 1 unspecified atom stereocenters. The van der Waals surface area contributed by atoms with Gasteiger partial charge in [0.25, 0.3) is 6.43 Å². The van der Waals surface area contributed by atoms with E-state index in [4.69, 9.17) is 19.3 Å². The van der Waals surface area contributed by atoms with Gasteiger partial charge in [-0.1, -0.05) is 12.1 Å². The number of imidazole rings is 1. The number of aryl methyl sites for hydroxylation is 2. The zero-order valence-electron chi connectivity index (χ0n) is 23.9. The van der Waals surface area contributed by atoms with Gasteiger partial charge < -0.3 is 18.8 Å². The largest absolute Gasteiger partial charge is 0.492 e. The molecular weight excluding hydrogens is 544 g/mol. The summed E-state index contributed by atoms with van der Waals surface area (Å²) in [5.74, 6) is 0.202. The van der Waals surface area contributed by atoms with Crippen molar-refractivity contribution >= 4 is 16.9 Å². The first kappa shape index (κ1) is 28.3. The van der Waals surface area contributed by atoms with E-state index < -0.39 is 18.4 Å². The predicted octanol–water partition coefficient (Wildman–Crippen LogP) is 4.96. The number of nitrogens with zero attached hydrogens (tertiary/aromatic N) is 5. The van der Waals surface area contributed by atoms with Crippen LogP contribution in [0.4, 0.5) is 8.78 Å². The minimum Gasteiger partial charge on any atom is -0.492 e. The van der Waals surface area contributed by atoms with E-state index in [9.17, 15) is 13.6 Å². The van der Waals surface area contributed by atoms with E-state index in [1.54, 1.807) is 13.3 Å². The summed E-state index contributed by atoms with van der Waals surface area (Å²) in [5, 5.41) is 5.03. The SMILES string of the molecule is CCOC(=O)C(c1ncn2c1CCC2)n1cc2c(C(F)F)cc(-c3ccc(OCCN4CCOCC4)cc3)c(C)c2n1. The monoisotopic (exact) mass is 579 g/mol. The number of benzene rings is 2. The molecule has 222 valence electrons. The van der Waals surface area contributed by atoms with Crippen LogP contribution >= 0.6 is 0 Å². The highest BCUT2D eigenvalue weighted by Crippen LogP contribution is 2.38. The van der Waals surface area contributed by atoms with Gasteiger partial charge in [0.15, 0.2) is 6.04 Å². The van der Waals surface area contributed by atoms with Crippen molar-refractivity contribution in [2.75, 3.05) is 46.1 Å². The van der Waals surface area contributed by atoms with Gasteiger partial charge in [0.2, 0.25) is 0 Å². The molecule has 9 nitrogen and oxygen atoms in total. The molecule has 4 aromatic rings. The second-order valence-corrected chi connectivity index (χ2v) is 10.7. The van der Waals surface area contributed by atoms with E-state index in [0.29, 0.717) is 34.5 Å². The molecule has 0 N–H and O–H groups in total. The Bertz CT molecular complexity index is 1560. The van der Waals surface area contributed by atoms with Crippen LogP contribution in [0.3, 0.4) is 0 Å². The van der Waals surface area contributed by atoms with Crippen LogP contribution in [0.1, 0.15) is 48.3 Å². The molecule has 0 spiro atoms. The van der Waals surface area contributed by atoms with Crippen molar-refractivity contribution in [3.05, 3.63) is 65.4 Å². The molecule has 6 rings (SSSR count). The first-order valence-corrected chi connectivity index (χ1v) is 14.5. The zero-order valence-corrected chi connectivity index (χ0v) is 23.9. The zero-order chi connectivity index (χ0) is 29.2. The van der Waals surface area contributed by atoms with Gasteiger partial charge in [-0.05, 0) is 61.6 Å². The Kier molecular flexibility index (Phi) is 8.21. The van der Waals surface area contributed by atoms with E-state index in [-0.39, 0.29) is 12.2 Å². The summed E-state index contributed by atoms with van der Waals surface area (Å²) in [6.07, 6.45) is 2.25. The average molecular weight is 580 g/mol. The third-order valence-corrected chi connectivity index (χ3v) is 8.11. The molecule has 0 amide bonds. The van der Waals surface area contributed by atoms with Gasteiger partial charge in [-0.2, -0.15) is 5.10 Å². The predicted molar refractivity (Wildman–Crippen MR) is 153 cm³/mol. The molecule has 1 atom stereocenters. The molecule has 0 saturated carbocycles. The minimum absolute atomic E-state index is 0.139.